The van der Waals surface area contributed by atoms with Gasteiger partial charge in [-0.15, -0.1) is 11.8 Å². The highest BCUT2D eigenvalue weighted by atomic mass is 32.2. The molecule has 0 unspecified atom stereocenters. The molecule has 0 saturated heterocycles. The van der Waals surface area contributed by atoms with Gasteiger partial charge in [0.1, 0.15) is 0 Å². The van der Waals surface area contributed by atoms with Crippen molar-refractivity contribution < 1.29 is 0 Å². The largest absolute Gasteiger partial charge is 0.272 e. The Morgan fingerprint density at radius 1 is 1.31 bits per heavy atom. The Balaban J connectivity index is 2.37. The standard InChI is InChI=1S/C13H16N2S/c1-4-15-9-12(8-14-15)11-5-6-13(16-3)10(2)7-11/h5-9H,4H2,1-3H3. The minimum atomic E-state index is 0.919. The van der Waals surface area contributed by atoms with Crippen LogP contribution in [0.2, 0.25) is 0 Å². The Bertz CT molecular complexity index is 488. The molecule has 0 amide bonds. The van der Waals surface area contributed by atoms with Gasteiger partial charge in [-0.2, -0.15) is 5.10 Å². The molecule has 2 nitrogen and oxygen atoms in total. The number of thioether (sulfide) groups is 1. The molecule has 84 valence electrons. The lowest BCUT2D eigenvalue weighted by Gasteiger charge is -2.04. The summed E-state index contributed by atoms with van der Waals surface area (Å²) < 4.78 is 1.95. The van der Waals surface area contributed by atoms with E-state index in [1.807, 2.05) is 10.9 Å². The molecule has 0 spiro atoms. The summed E-state index contributed by atoms with van der Waals surface area (Å²) in [5.41, 5.74) is 3.77. The van der Waals surface area contributed by atoms with Crippen LogP contribution in [0.5, 0.6) is 0 Å². The molecule has 3 heteroatoms. The third-order valence-electron chi connectivity index (χ3n) is 2.69. The van der Waals surface area contributed by atoms with E-state index in [2.05, 4.69) is 49.6 Å². The summed E-state index contributed by atoms with van der Waals surface area (Å²) in [5, 5.41) is 4.29. The van der Waals surface area contributed by atoms with Gasteiger partial charge in [0.25, 0.3) is 0 Å². The highest BCUT2D eigenvalue weighted by Gasteiger charge is 2.03. The molecule has 1 aromatic carbocycles. The molecule has 16 heavy (non-hydrogen) atoms. The Morgan fingerprint density at radius 3 is 2.69 bits per heavy atom. The first-order valence-corrected chi connectivity index (χ1v) is 6.64. The van der Waals surface area contributed by atoms with Gasteiger partial charge in [0.05, 0.1) is 6.20 Å². The van der Waals surface area contributed by atoms with Crippen LogP contribution in [0.4, 0.5) is 0 Å². The molecule has 0 radical (unpaired) electrons. The zero-order valence-corrected chi connectivity index (χ0v) is 10.7. The molecule has 0 saturated carbocycles. The molecule has 0 bridgehead atoms. The van der Waals surface area contributed by atoms with Gasteiger partial charge in [0, 0.05) is 23.2 Å². The third kappa shape index (κ3) is 2.14. The van der Waals surface area contributed by atoms with Crippen molar-refractivity contribution in [3.05, 3.63) is 36.2 Å². The first-order chi connectivity index (χ1) is 7.74. The van der Waals surface area contributed by atoms with Crippen LogP contribution in [-0.4, -0.2) is 16.0 Å². The molecular formula is C13H16N2S. The van der Waals surface area contributed by atoms with E-state index in [9.17, 15) is 0 Å². The van der Waals surface area contributed by atoms with Crippen molar-refractivity contribution in [1.29, 1.82) is 0 Å². The number of aryl methyl sites for hydroxylation is 2. The van der Waals surface area contributed by atoms with Gasteiger partial charge in [0.15, 0.2) is 0 Å². The second-order valence-electron chi connectivity index (χ2n) is 3.77. The molecule has 2 rings (SSSR count). The fourth-order valence-corrected chi connectivity index (χ4v) is 2.33. The van der Waals surface area contributed by atoms with E-state index in [4.69, 9.17) is 0 Å². The van der Waals surface area contributed by atoms with Crippen LogP contribution in [0.3, 0.4) is 0 Å². The van der Waals surface area contributed by atoms with Crippen molar-refractivity contribution >= 4 is 11.8 Å². The summed E-state index contributed by atoms with van der Waals surface area (Å²) in [5.74, 6) is 0. The number of rotatable bonds is 3. The first kappa shape index (κ1) is 11.3. The molecule has 0 aliphatic rings. The van der Waals surface area contributed by atoms with Gasteiger partial charge in [-0.3, -0.25) is 4.68 Å². The van der Waals surface area contributed by atoms with Gasteiger partial charge in [-0.25, -0.2) is 0 Å². The van der Waals surface area contributed by atoms with Crippen molar-refractivity contribution in [2.75, 3.05) is 6.26 Å². The van der Waals surface area contributed by atoms with E-state index in [0.717, 1.165) is 6.54 Å². The number of nitrogens with zero attached hydrogens (tertiary/aromatic N) is 2. The average Bonchev–Trinajstić information content (AvgIpc) is 2.77. The van der Waals surface area contributed by atoms with Crippen molar-refractivity contribution in [1.82, 2.24) is 9.78 Å². The maximum absolute atomic E-state index is 4.29. The van der Waals surface area contributed by atoms with Crippen LogP contribution >= 0.6 is 11.8 Å². The highest BCUT2D eigenvalue weighted by molar-refractivity contribution is 7.98. The van der Waals surface area contributed by atoms with Crippen LogP contribution < -0.4 is 0 Å². The van der Waals surface area contributed by atoms with Crippen molar-refractivity contribution in [2.24, 2.45) is 0 Å². The van der Waals surface area contributed by atoms with Gasteiger partial charge in [0.2, 0.25) is 0 Å². The number of benzene rings is 1. The Kier molecular flexibility index (Phi) is 3.34. The quantitative estimate of drug-likeness (QED) is 0.752. The van der Waals surface area contributed by atoms with E-state index in [0.29, 0.717) is 0 Å². The normalized spacial score (nSPS) is 10.7. The fraction of sp³-hybridized carbons (Fsp3) is 0.308. The zero-order valence-electron chi connectivity index (χ0n) is 9.90. The van der Waals surface area contributed by atoms with Crippen molar-refractivity contribution in [2.45, 2.75) is 25.3 Å². The number of hydrogen-bond donors (Lipinski definition) is 0. The highest BCUT2D eigenvalue weighted by Crippen LogP contribution is 2.26. The smallest absolute Gasteiger partial charge is 0.0568 e. The lowest BCUT2D eigenvalue weighted by Crippen LogP contribution is -1.92. The van der Waals surface area contributed by atoms with Crippen molar-refractivity contribution in [3.8, 4) is 11.1 Å². The molecule has 1 heterocycles. The maximum Gasteiger partial charge on any atom is 0.0568 e. The van der Waals surface area contributed by atoms with E-state index < -0.39 is 0 Å². The minimum absolute atomic E-state index is 0.919. The molecule has 0 atom stereocenters. The van der Waals surface area contributed by atoms with Gasteiger partial charge in [-0.1, -0.05) is 12.1 Å². The van der Waals surface area contributed by atoms with E-state index in [1.54, 1.807) is 11.8 Å². The Labute approximate surface area is 101 Å². The molecule has 0 aliphatic carbocycles. The monoisotopic (exact) mass is 232 g/mol. The Morgan fingerprint density at radius 2 is 2.12 bits per heavy atom. The summed E-state index contributed by atoms with van der Waals surface area (Å²) >= 11 is 1.79. The molecule has 0 fully saturated rings. The summed E-state index contributed by atoms with van der Waals surface area (Å²) in [7, 11) is 0. The molecule has 0 N–H and O–H groups in total. The second-order valence-corrected chi connectivity index (χ2v) is 4.62. The number of aromatic nitrogens is 2. The zero-order chi connectivity index (χ0) is 11.5. The van der Waals surface area contributed by atoms with Crippen LogP contribution in [0, 0.1) is 6.92 Å². The lowest BCUT2D eigenvalue weighted by atomic mass is 10.1. The van der Waals surface area contributed by atoms with Gasteiger partial charge < -0.3 is 0 Å². The Hall–Kier alpha value is -1.22. The number of hydrogen-bond acceptors (Lipinski definition) is 2. The van der Waals surface area contributed by atoms with E-state index in [1.165, 1.54) is 21.6 Å². The molecule has 0 aliphatic heterocycles. The SMILES string of the molecule is CCn1cc(-c2ccc(SC)c(C)c2)cn1. The third-order valence-corrected chi connectivity index (χ3v) is 3.58. The van der Waals surface area contributed by atoms with E-state index in [-0.39, 0.29) is 0 Å². The van der Waals surface area contributed by atoms with Crippen LogP contribution in [0.1, 0.15) is 12.5 Å². The second kappa shape index (κ2) is 4.74. The summed E-state index contributed by atoms with van der Waals surface area (Å²) in [4.78, 5) is 1.34. The minimum Gasteiger partial charge on any atom is -0.272 e. The topological polar surface area (TPSA) is 17.8 Å². The predicted molar refractivity (Wildman–Crippen MR) is 69.9 cm³/mol. The average molecular weight is 232 g/mol. The summed E-state index contributed by atoms with van der Waals surface area (Å²) in [6, 6.07) is 6.57. The summed E-state index contributed by atoms with van der Waals surface area (Å²) in [6.07, 6.45) is 6.13. The molecule has 2 aromatic rings. The lowest BCUT2D eigenvalue weighted by molar-refractivity contribution is 0.660. The van der Waals surface area contributed by atoms with Crippen LogP contribution in [0.15, 0.2) is 35.5 Å². The van der Waals surface area contributed by atoms with E-state index >= 15 is 0 Å². The van der Waals surface area contributed by atoms with Gasteiger partial charge >= 0.3 is 0 Å². The fourth-order valence-electron chi connectivity index (χ4n) is 1.74. The first-order valence-electron chi connectivity index (χ1n) is 5.42. The summed E-state index contributed by atoms with van der Waals surface area (Å²) in [6.45, 7) is 5.17. The predicted octanol–water partition coefficient (Wildman–Crippen LogP) is 3.60. The van der Waals surface area contributed by atoms with Crippen molar-refractivity contribution in [3.63, 3.8) is 0 Å². The van der Waals surface area contributed by atoms with Crippen LogP contribution in [-0.2, 0) is 6.54 Å². The molecular weight excluding hydrogens is 216 g/mol. The maximum atomic E-state index is 4.29. The molecule has 1 aromatic heterocycles. The van der Waals surface area contributed by atoms with Gasteiger partial charge in [-0.05, 0) is 37.3 Å². The van der Waals surface area contributed by atoms with Crippen LogP contribution in [0.25, 0.3) is 11.1 Å².